The van der Waals surface area contributed by atoms with Crippen LogP contribution in [0.25, 0.3) is 0 Å². The number of hydrogen-bond donors (Lipinski definition) is 1. The number of esters is 1. The summed E-state index contributed by atoms with van der Waals surface area (Å²) in [6, 6.07) is 14.1. The second kappa shape index (κ2) is 10.1. The average molecular weight is 464 g/mol. The van der Waals surface area contributed by atoms with Gasteiger partial charge in [-0.3, -0.25) is 14.4 Å². The fourth-order valence-corrected chi connectivity index (χ4v) is 4.52. The maximum Gasteiger partial charge on any atom is 0.321 e. The van der Waals surface area contributed by atoms with Gasteiger partial charge in [0.15, 0.2) is 6.10 Å². The molecule has 34 heavy (non-hydrogen) atoms. The Hall–Kier alpha value is -3.68. The van der Waals surface area contributed by atoms with Gasteiger partial charge < -0.3 is 19.9 Å². The van der Waals surface area contributed by atoms with Crippen LogP contribution in [0.5, 0.6) is 0 Å². The molecule has 0 radical (unpaired) electrons. The summed E-state index contributed by atoms with van der Waals surface area (Å²) in [5.74, 6) is -1.26. The van der Waals surface area contributed by atoms with E-state index in [9.17, 15) is 19.2 Å². The largest absolute Gasteiger partial charge is 0.454 e. The van der Waals surface area contributed by atoms with Crippen LogP contribution >= 0.6 is 0 Å². The van der Waals surface area contributed by atoms with Gasteiger partial charge in [0.2, 0.25) is 11.7 Å². The normalized spacial score (nSPS) is 18.1. The molecule has 4 rings (SSSR count). The lowest BCUT2D eigenvalue weighted by Crippen LogP contribution is -2.45. The lowest BCUT2D eigenvalue weighted by Gasteiger charge is -2.32. The van der Waals surface area contributed by atoms with Crippen LogP contribution in [0.3, 0.4) is 0 Å². The molecular weight excluding hydrogens is 434 g/mol. The lowest BCUT2D eigenvalue weighted by atomic mass is 9.98. The standard InChI is InChI=1S/C26H29N3O5/c1-17(24(31)20-10-11-23-19(15-20)12-14-29(23)18(2)30)34-25(32)21-7-6-13-28(16-21)26(33)27-22-8-4-3-5-9-22/h3-5,8-11,15,17,21H,6-7,12-14,16H2,1-2H3,(H,27,33)/t17-,21-/m1/s1. The van der Waals surface area contributed by atoms with Gasteiger partial charge in [0.1, 0.15) is 0 Å². The number of likely N-dealkylation sites (tertiary alicyclic amines) is 1. The zero-order chi connectivity index (χ0) is 24.2. The first kappa shape index (κ1) is 23.5. The molecule has 3 amide bonds. The number of ether oxygens (including phenoxy) is 1. The van der Waals surface area contributed by atoms with Crippen molar-refractivity contribution in [3.05, 3.63) is 59.7 Å². The number of urea groups is 1. The number of carbonyl (C=O) groups is 4. The minimum absolute atomic E-state index is 0.0286. The van der Waals surface area contributed by atoms with Gasteiger partial charge in [-0.1, -0.05) is 18.2 Å². The molecule has 178 valence electrons. The molecule has 1 saturated heterocycles. The molecule has 0 aliphatic carbocycles. The molecule has 0 unspecified atom stereocenters. The number of nitrogens with one attached hydrogen (secondary N) is 1. The fraction of sp³-hybridized carbons (Fsp3) is 0.385. The molecule has 0 saturated carbocycles. The molecule has 2 atom stereocenters. The molecule has 2 aliphatic heterocycles. The highest BCUT2D eigenvalue weighted by atomic mass is 16.5. The summed E-state index contributed by atoms with van der Waals surface area (Å²) < 4.78 is 5.52. The zero-order valence-corrected chi connectivity index (χ0v) is 19.5. The molecule has 1 fully saturated rings. The zero-order valence-electron chi connectivity index (χ0n) is 19.5. The Morgan fingerprint density at radius 2 is 1.82 bits per heavy atom. The van der Waals surface area contributed by atoms with E-state index in [0.717, 1.165) is 11.3 Å². The van der Waals surface area contributed by atoms with E-state index in [-0.39, 0.29) is 24.3 Å². The van der Waals surface area contributed by atoms with Crippen molar-refractivity contribution in [1.82, 2.24) is 4.90 Å². The van der Waals surface area contributed by atoms with E-state index < -0.39 is 18.0 Å². The molecule has 1 N–H and O–H groups in total. The SMILES string of the molecule is CC(=O)N1CCc2cc(C(=O)[C@@H](C)OC(=O)[C@@H]3CCCN(C(=O)Nc4ccccc4)C3)ccc21. The van der Waals surface area contributed by atoms with E-state index in [4.69, 9.17) is 4.74 Å². The summed E-state index contributed by atoms with van der Waals surface area (Å²) in [6.45, 7) is 4.50. The molecule has 8 heteroatoms. The lowest BCUT2D eigenvalue weighted by molar-refractivity contribution is -0.152. The third kappa shape index (κ3) is 5.11. The Balaban J connectivity index is 1.34. The molecule has 2 aromatic rings. The van der Waals surface area contributed by atoms with Gasteiger partial charge in [-0.05, 0) is 62.1 Å². The quantitative estimate of drug-likeness (QED) is 0.539. The van der Waals surface area contributed by atoms with Crippen molar-refractivity contribution >= 4 is 35.1 Å². The second-order valence-electron chi connectivity index (χ2n) is 8.79. The first-order valence-corrected chi connectivity index (χ1v) is 11.6. The summed E-state index contributed by atoms with van der Waals surface area (Å²) >= 11 is 0. The van der Waals surface area contributed by atoms with Crippen LogP contribution in [-0.2, 0) is 20.7 Å². The molecule has 8 nitrogen and oxygen atoms in total. The molecule has 2 heterocycles. The maximum atomic E-state index is 12.9. The van der Waals surface area contributed by atoms with Crippen LogP contribution in [0.4, 0.5) is 16.2 Å². The van der Waals surface area contributed by atoms with Crippen LogP contribution in [0.15, 0.2) is 48.5 Å². The number of amides is 3. The van der Waals surface area contributed by atoms with Crippen molar-refractivity contribution in [2.75, 3.05) is 29.9 Å². The van der Waals surface area contributed by atoms with Gasteiger partial charge in [-0.25, -0.2) is 4.79 Å². The molecule has 2 aliphatic rings. The van der Waals surface area contributed by atoms with Gasteiger partial charge in [0.25, 0.3) is 0 Å². The van der Waals surface area contributed by atoms with E-state index in [1.807, 2.05) is 18.2 Å². The fourth-order valence-electron chi connectivity index (χ4n) is 4.52. The average Bonchev–Trinajstić information content (AvgIpc) is 3.28. The van der Waals surface area contributed by atoms with Crippen molar-refractivity contribution in [1.29, 1.82) is 0 Å². The Morgan fingerprint density at radius 3 is 2.56 bits per heavy atom. The Kier molecular flexibility index (Phi) is 6.95. The Bertz CT molecular complexity index is 1100. The second-order valence-corrected chi connectivity index (χ2v) is 8.79. The predicted molar refractivity (Wildman–Crippen MR) is 128 cm³/mol. The first-order valence-electron chi connectivity index (χ1n) is 11.6. The molecule has 0 aromatic heterocycles. The third-order valence-electron chi connectivity index (χ3n) is 6.37. The number of fused-ring (bicyclic) bond motifs is 1. The van der Waals surface area contributed by atoms with E-state index in [0.29, 0.717) is 43.6 Å². The highest BCUT2D eigenvalue weighted by Gasteiger charge is 2.32. The van der Waals surface area contributed by atoms with Crippen molar-refractivity contribution in [3.8, 4) is 0 Å². The van der Waals surface area contributed by atoms with E-state index >= 15 is 0 Å². The first-order chi connectivity index (χ1) is 16.3. The van der Waals surface area contributed by atoms with Crippen LogP contribution in [-0.4, -0.2) is 54.3 Å². The summed E-state index contributed by atoms with van der Waals surface area (Å²) in [7, 11) is 0. The molecule has 0 bridgehead atoms. The van der Waals surface area contributed by atoms with Crippen LogP contribution in [0, 0.1) is 5.92 Å². The Morgan fingerprint density at radius 1 is 1.06 bits per heavy atom. The number of para-hydroxylation sites is 1. The Labute approximate surface area is 198 Å². The molecule has 2 aromatic carbocycles. The smallest absolute Gasteiger partial charge is 0.321 e. The number of anilines is 2. The molecular formula is C26H29N3O5. The maximum absolute atomic E-state index is 12.9. The van der Waals surface area contributed by atoms with E-state index in [1.165, 1.54) is 6.92 Å². The topological polar surface area (TPSA) is 96.0 Å². The van der Waals surface area contributed by atoms with Crippen LogP contribution < -0.4 is 10.2 Å². The number of rotatable bonds is 5. The number of benzene rings is 2. The number of ketones is 1. The van der Waals surface area contributed by atoms with Crippen molar-refractivity contribution in [2.45, 2.75) is 39.2 Å². The van der Waals surface area contributed by atoms with E-state index in [1.54, 1.807) is 47.1 Å². The third-order valence-corrected chi connectivity index (χ3v) is 6.37. The van der Waals surface area contributed by atoms with Crippen molar-refractivity contribution in [2.24, 2.45) is 5.92 Å². The minimum atomic E-state index is -0.940. The number of piperidine rings is 1. The highest BCUT2D eigenvalue weighted by molar-refractivity contribution is 6.02. The van der Waals surface area contributed by atoms with Gasteiger partial charge in [0.05, 0.1) is 5.92 Å². The van der Waals surface area contributed by atoms with E-state index in [2.05, 4.69) is 5.32 Å². The predicted octanol–water partition coefficient (Wildman–Crippen LogP) is 3.65. The summed E-state index contributed by atoms with van der Waals surface area (Å²) in [6.07, 6.45) is 1.04. The number of carbonyl (C=O) groups excluding carboxylic acids is 4. The van der Waals surface area contributed by atoms with Crippen molar-refractivity contribution in [3.63, 3.8) is 0 Å². The number of nitrogens with zero attached hydrogens (tertiary/aromatic N) is 2. The van der Waals surface area contributed by atoms with Gasteiger partial charge in [-0.2, -0.15) is 0 Å². The highest BCUT2D eigenvalue weighted by Crippen LogP contribution is 2.29. The van der Waals surface area contributed by atoms with Gasteiger partial charge in [-0.15, -0.1) is 0 Å². The van der Waals surface area contributed by atoms with Crippen molar-refractivity contribution < 1.29 is 23.9 Å². The number of Topliss-reactive ketones (excluding diaryl/α,β-unsaturated/α-hetero) is 1. The monoisotopic (exact) mass is 463 g/mol. The summed E-state index contributed by atoms with van der Waals surface area (Å²) in [5, 5.41) is 2.84. The molecule has 0 spiro atoms. The summed E-state index contributed by atoms with van der Waals surface area (Å²) in [5.41, 5.74) is 2.91. The van der Waals surface area contributed by atoms with Gasteiger partial charge >= 0.3 is 12.0 Å². The summed E-state index contributed by atoms with van der Waals surface area (Å²) in [4.78, 5) is 53.3. The van der Waals surface area contributed by atoms with Gasteiger partial charge in [0, 0.05) is 43.5 Å². The number of hydrogen-bond acceptors (Lipinski definition) is 5. The van der Waals surface area contributed by atoms with Crippen LogP contribution in [0.2, 0.25) is 0 Å². The van der Waals surface area contributed by atoms with Crippen LogP contribution in [0.1, 0.15) is 42.6 Å². The minimum Gasteiger partial charge on any atom is -0.454 e.